The number of hydrogen-bond donors (Lipinski definition) is 2. The summed E-state index contributed by atoms with van der Waals surface area (Å²) in [6, 6.07) is 17.2. The number of nitrogens with zero attached hydrogens (tertiary/aromatic N) is 1. The molecule has 2 heterocycles. The molecule has 0 saturated carbocycles. The largest absolute Gasteiger partial charge is 0.337 e. The van der Waals surface area contributed by atoms with Crippen LogP contribution < -0.4 is 10.0 Å². The highest BCUT2D eigenvalue weighted by Crippen LogP contribution is 2.49. The van der Waals surface area contributed by atoms with Crippen molar-refractivity contribution in [1.29, 1.82) is 0 Å². The summed E-state index contributed by atoms with van der Waals surface area (Å²) >= 11 is 0. The van der Waals surface area contributed by atoms with Crippen LogP contribution in [0.5, 0.6) is 0 Å². The minimum absolute atomic E-state index is 0.0897. The summed E-state index contributed by atoms with van der Waals surface area (Å²) in [5, 5.41) is 2.99. The Morgan fingerprint density at radius 3 is 2.60 bits per heavy atom. The highest BCUT2D eigenvalue weighted by molar-refractivity contribution is 7.88. The van der Waals surface area contributed by atoms with Gasteiger partial charge >= 0.3 is 0 Å². The van der Waals surface area contributed by atoms with Gasteiger partial charge in [-0.1, -0.05) is 48.5 Å². The molecular formula is C22H25N3O4S. The fraction of sp³-hybridized carbons (Fsp3) is 0.364. The van der Waals surface area contributed by atoms with Crippen LogP contribution in [0.3, 0.4) is 0 Å². The molecular weight excluding hydrogens is 402 g/mol. The Bertz CT molecular complexity index is 1070. The minimum atomic E-state index is -3.49. The van der Waals surface area contributed by atoms with Crippen LogP contribution >= 0.6 is 0 Å². The number of anilines is 1. The van der Waals surface area contributed by atoms with Crippen LogP contribution in [0.1, 0.15) is 24.0 Å². The number of carbonyl (C=O) groups excluding carboxylic acids is 2. The smallest absolute Gasteiger partial charge is 0.237 e. The number of aryl methyl sites for hydroxylation is 1. The molecule has 0 bridgehead atoms. The molecule has 8 heteroatoms. The molecule has 2 N–H and O–H groups in total. The maximum Gasteiger partial charge on any atom is 0.237 e. The summed E-state index contributed by atoms with van der Waals surface area (Å²) < 4.78 is 25.2. The van der Waals surface area contributed by atoms with Crippen molar-refractivity contribution in [3.63, 3.8) is 0 Å². The third kappa shape index (κ3) is 3.73. The number of carbonyl (C=O) groups is 2. The van der Waals surface area contributed by atoms with Crippen LogP contribution in [0, 0.1) is 0 Å². The van der Waals surface area contributed by atoms with Gasteiger partial charge in [0.15, 0.2) is 0 Å². The van der Waals surface area contributed by atoms with Crippen molar-refractivity contribution in [2.45, 2.75) is 30.7 Å². The molecule has 2 amide bonds. The summed E-state index contributed by atoms with van der Waals surface area (Å²) in [4.78, 5) is 27.8. The second kappa shape index (κ2) is 7.85. The summed E-state index contributed by atoms with van der Waals surface area (Å²) in [6.45, 7) is 0.103. The van der Waals surface area contributed by atoms with Gasteiger partial charge in [-0.05, 0) is 36.5 Å². The van der Waals surface area contributed by atoms with E-state index in [1.807, 2.05) is 54.6 Å². The van der Waals surface area contributed by atoms with E-state index in [0.717, 1.165) is 23.1 Å². The van der Waals surface area contributed by atoms with Gasteiger partial charge in [0.05, 0.1) is 24.3 Å². The van der Waals surface area contributed by atoms with E-state index in [9.17, 15) is 18.0 Å². The van der Waals surface area contributed by atoms with Gasteiger partial charge in [0.2, 0.25) is 21.8 Å². The summed E-state index contributed by atoms with van der Waals surface area (Å²) in [5.74, 6) is -0.402. The lowest BCUT2D eigenvalue weighted by atomic mass is 9.73. The first-order valence-corrected chi connectivity index (χ1v) is 11.9. The van der Waals surface area contributed by atoms with Crippen molar-refractivity contribution in [1.82, 2.24) is 9.62 Å². The van der Waals surface area contributed by atoms with E-state index < -0.39 is 15.4 Å². The number of rotatable bonds is 6. The SMILES string of the molecule is CS(=O)(=O)NCC(=O)N1CC[C@@]2(C(=O)Nc3ccccc32)[C@@H]1CCc1ccccc1. The number of hydrogen-bond acceptors (Lipinski definition) is 4. The standard InChI is InChI=1S/C22H25N3O4S/c1-30(28,29)23-15-20(26)25-14-13-22(17-9-5-6-10-18(17)24-21(22)27)19(25)12-11-16-7-3-2-4-8-16/h2-10,19,23H,11-15H2,1H3,(H,24,27)/t19-,22-/m0/s1. The first-order valence-electron chi connectivity index (χ1n) is 10.0. The van der Waals surface area contributed by atoms with Crippen LogP contribution in [0.2, 0.25) is 0 Å². The van der Waals surface area contributed by atoms with Crippen LogP contribution in [0.4, 0.5) is 5.69 Å². The maximum absolute atomic E-state index is 13.2. The van der Waals surface area contributed by atoms with E-state index >= 15 is 0 Å². The molecule has 1 spiro atoms. The van der Waals surface area contributed by atoms with Gasteiger partial charge in [-0.25, -0.2) is 13.1 Å². The number of amides is 2. The van der Waals surface area contributed by atoms with E-state index in [1.54, 1.807) is 4.90 Å². The molecule has 0 aromatic heterocycles. The first kappa shape index (κ1) is 20.6. The molecule has 2 aromatic rings. The number of likely N-dealkylation sites (tertiary alicyclic amines) is 1. The number of nitrogens with one attached hydrogen (secondary N) is 2. The van der Waals surface area contributed by atoms with Crippen molar-refractivity contribution >= 4 is 27.5 Å². The van der Waals surface area contributed by atoms with Gasteiger partial charge in [-0.2, -0.15) is 0 Å². The fourth-order valence-corrected chi connectivity index (χ4v) is 5.13. The molecule has 2 aliphatic rings. The van der Waals surface area contributed by atoms with Gasteiger partial charge in [-0.3, -0.25) is 9.59 Å². The molecule has 7 nitrogen and oxygen atoms in total. The number of para-hydroxylation sites is 1. The Morgan fingerprint density at radius 1 is 1.17 bits per heavy atom. The van der Waals surface area contributed by atoms with Gasteiger partial charge in [0.1, 0.15) is 0 Å². The Morgan fingerprint density at radius 2 is 1.87 bits per heavy atom. The van der Waals surface area contributed by atoms with Crippen molar-refractivity contribution < 1.29 is 18.0 Å². The Kier molecular flexibility index (Phi) is 5.38. The normalized spacial score (nSPS) is 22.9. The lowest BCUT2D eigenvalue weighted by molar-refractivity contribution is -0.132. The zero-order valence-corrected chi connectivity index (χ0v) is 17.6. The fourth-order valence-electron chi connectivity index (χ4n) is 4.74. The van der Waals surface area contributed by atoms with Crippen molar-refractivity contribution in [2.24, 2.45) is 0 Å². The molecule has 158 valence electrons. The zero-order valence-electron chi connectivity index (χ0n) is 16.8. The van der Waals surface area contributed by atoms with Crippen molar-refractivity contribution in [3.05, 3.63) is 65.7 Å². The predicted octanol–water partition coefficient (Wildman–Crippen LogP) is 1.66. The Balaban J connectivity index is 1.66. The van der Waals surface area contributed by atoms with E-state index in [2.05, 4.69) is 10.0 Å². The predicted molar refractivity (Wildman–Crippen MR) is 114 cm³/mol. The molecule has 0 unspecified atom stereocenters. The molecule has 2 aromatic carbocycles. The van der Waals surface area contributed by atoms with Gasteiger partial charge < -0.3 is 10.2 Å². The molecule has 0 radical (unpaired) electrons. The minimum Gasteiger partial charge on any atom is -0.337 e. The van der Waals surface area contributed by atoms with Crippen LogP contribution in [-0.2, 0) is 31.4 Å². The summed E-state index contributed by atoms with van der Waals surface area (Å²) in [7, 11) is -3.49. The average Bonchev–Trinajstić information content (AvgIpc) is 3.24. The summed E-state index contributed by atoms with van der Waals surface area (Å²) in [5.41, 5.74) is 2.02. The molecule has 1 saturated heterocycles. The van der Waals surface area contributed by atoms with Gasteiger partial charge in [-0.15, -0.1) is 0 Å². The highest BCUT2D eigenvalue weighted by Gasteiger charge is 2.58. The number of benzene rings is 2. The zero-order chi connectivity index (χ0) is 21.4. The quantitative estimate of drug-likeness (QED) is 0.733. The Labute approximate surface area is 176 Å². The highest BCUT2D eigenvalue weighted by atomic mass is 32.2. The third-order valence-electron chi connectivity index (χ3n) is 6.11. The monoisotopic (exact) mass is 427 g/mol. The second-order valence-electron chi connectivity index (χ2n) is 7.94. The molecule has 1 fully saturated rings. The van der Waals surface area contributed by atoms with E-state index in [-0.39, 0.29) is 24.4 Å². The van der Waals surface area contributed by atoms with Crippen LogP contribution in [-0.4, -0.2) is 50.5 Å². The molecule has 30 heavy (non-hydrogen) atoms. The number of sulfonamides is 1. The maximum atomic E-state index is 13.2. The number of fused-ring (bicyclic) bond motifs is 2. The molecule has 2 aliphatic heterocycles. The van der Waals surface area contributed by atoms with Gasteiger partial charge in [0, 0.05) is 12.2 Å². The van der Waals surface area contributed by atoms with E-state index in [4.69, 9.17) is 0 Å². The van der Waals surface area contributed by atoms with E-state index in [0.29, 0.717) is 25.8 Å². The molecule has 4 rings (SSSR count). The summed E-state index contributed by atoms with van der Waals surface area (Å²) in [6.07, 6.45) is 2.86. The first-order chi connectivity index (χ1) is 14.3. The third-order valence-corrected chi connectivity index (χ3v) is 6.78. The second-order valence-corrected chi connectivity index (χ2v) is 9.77. The van der Waals surface area contributed by atoms with Crippen molar-refractivity contribution in [2.75, 3.05) is 24.7 Å². The lowest BCUT2D eigenvalue weighted by Crippen LogP contribution is -2.51. The van der Waals surface area contributed by atoms with Crippen LogP contribution in [0.15, 0.2) is 54.6 Å². The Hall–Kier alpha value is -2.71. The average molecular weight is 428 g/mol. The van der Waals surface area contributed by atoms with Gasteiger partial charge in [0.25, 0.3) is 0 Å². The van der Waals surface area contributed by atoms with E-state index in [1.165, 1.54) is 0 Å². The lowest BCUT2D eigenvalue weighted by Gasteiger charge is -2.34. The molecule has 2 atom stereocenters. The van der Waals surface area contributed by atoms with Crippen LogP contribution in [0.25, 0.3) is 0 Å². The molecule has 0 aliphatic carbocycles. The van der Waals surface area contributed by atoms with Crippen molar-refractivity contribution in [3.8, 4) is 0 Å². The topological polar surface area (TPSA) is 95.6 Å².